The van der Waals surface area contributed by atoms with Crippen LogP contribution >= 0.6 is 0 Å². The fourth-order valence-electron chi connectivity index (χ4n) is 4.94. The fourth-order valence-corrected chi connectivity index (χ4v) is 4.94. The lowest BCUT2D eigenvalue weighted by Crippen LogP contribution is -2.23. The van der Waals surface area contributed by atoms with Crippen molar-refractivity contribution < 1.29 is 0 Å². The molecule has 0 aliphatic heterocycles. The van der Waals surface area contributed by atoms with E-state index < -0.39 is 5.41 Å². The van der Waals surface area contributed by atoms with Crippen molar-refractivity contribution in [2.75, 3.05) is 0 Å². The zero-order valence-electron chi connectivity index (χ0n) is 22.3. The summed E-state index contributed by atoms with van der Waals surface area (Å²) in [5, 5.41) is 0. The monoisotopic (exact) mass is 502 g/mol. The van der Waals surface area contributed by atoms with Crippen molar-refractivity contribution in [2.24, 2.45) is 0 Å². The van der Waals surface area contributed by atoms with Crippen molar-refractivity contribution in [2.45, 2.75) is 19.3 Å². The molecule has 0 unspecified atom stereocenters. The number of benzene rings is 4. The minimum Gasteiger partial charge on any atom is -0.252 e. The minimum atomic E-state index is -0.456. The van der Waals surface area contributed by atoms with Gasteiger partial charge in [-0.2, -0.15) is 0 Å². The van der Waals surface area contributed by atoms with E-state index in [9.17, 15) is 0 Å². The van der Waals surface area contributed by atoms with Crippen LogP contribution in [0, 0.1) is 0 Å². The lowest BCUT2D eigenvalue weighted by molar-refractivity contribution is 0.597. The molecule has 0 aliphatic carbocycles. The van der Waals surface area contributed by atoms with Gasteiger partial charge in [0.15, 0.2) is 0 Å². The van der Waals surface area contributed by atoms with E-state index in [1.165, 1.54) is 11.1 Å². The maximum atomic E-state index is 5.24. The average Bonchev–Trinajstić information content (AvgIpc) is 3.02. The molecule has 0 atom stereocenters. The third-order valence-corrected chi connectivity index (χ3v) is 7.28. The van der Waals surface area contributed by atoms with Gasteiger partial charge in [-0.1, -0.05) is 121 Å². The Kier molecular flexibility index (Phi) is 6.61. The second-order valence-corrected chi connectivity index (χ2v) is 10.3. The highest BCUT2D eigenvalue weighted by Crippen LogP contribution is 2.37. The Labute approximate surface area is 230 Å². The van der Waals surface area contributed by atoms with Crippen LogP contribution in [0.3, 0.4) is 0 Å². The first-order chi connectivity index (χ1) is 19.1. The zero-order valence-corrected chi connectivity index (χ0v) is 22.3. The van der Waals surface area contributed by atoms with Crippen LogP contribution in [0.5, 0.6) is 0 Å². The Balaban J connectivity index is 1.55. The van der Waals surface area contributed by atoms with Gasteiger partial charge in [0, 0.05) is 16.5 Å². The molecule has 4 aromatic carbocycles. The van der Waals surface area contributed by atoms with Crippen LogP contribution in [0.25, 0.3) is 44.8 Å². The van der Waals surface area contributed by atoms with E-state index in [1.54, 1.807) is 0 Å². The third kappa shape index (κ3) is 5.15. The smallest absolute Gasteiger partial charge is 0.0711 e. The van der Waals surface area contributed by atoms with Crippen molar-refractivity contribution >= 4 is 0 Å². The van der Waals surface area contributed by atoms with Gasteiger partial charge >= 0.3 is 0 Å². The normalized spacial score (nSPS) is 11.3. The molecule has 2 aromatic heterocycles. The number of rotatable bonds is 6. The van der Waals surface area contributed by atoms with Gasteiger partial charge in [0.1, 0.15) is 0 Å². The average molecular weight is 503 g/mol. The van der Waals surface area contributed by atoms with Gasteiger partial charge < -0.3 is 0 Å². The molecule has 2 heteroatoms. The Morgan fingerprint density at radius 3 is 1.00 bits per heavy atom. The number of aromatic nitrogens is 2. The van der Waals surface area contributed by atoms with E-state index >= 15 is 0 Å². The SMILES string of the molecule is CC(C)(c1cc(-c2ccccc2)cc(-c2ccccc2)n1)c1cc(-c2ccccc2)cc(-c2ccccc2)n1. The lowest BCUT2D eigenvalue weighted by Gasteiger charge is -2.26. The molecule has 188 valence electrons. The first-order valence-electron chi connectivity index (χ1n) is 13.3. The Hall–Kier alpha value is -4.82. The Morgan fingerprint density at radius 1 is 0.359 bits per heavy atom. The van der Waals surface area contributed by atoms with Crippen LogP contribution < -0.4 is 0 Å². The molecule has 0 fully saturated rings. The second kappa shape index (κ2) is 10.5. The van der Waals surface area contributed by atoms with E-state index in [0.717, 1.165) is 45.0 Å². The topological polar surface area (TPSA) is 25.8 Å². The summed E-state index contributed by atoms with van der Waals surface area (Å²) >= 11 is 0. The highest BCUT2D eigenvalue weighted by Gasteiger charge is 2.29. The van der Waals surface area contributed by atoms with Crippen molar-refractivity contribution in [3.05, 3.63) is 157 Å². The fraction of sp³-hybridized carbons (Fsp3) is 0.0811. The third-order valence-electron chi connectivity index (χ3n) is 7.28. The minimum absolute atomic E-state index is 0.456. The largest absolute Gasteiger partial charge is 0.252 e. The van der Waals surface area contributed by atoms with E-state index in [-0.39, 0.29) is 0 Å². The summed E-state index contributed by atoms with van der Waals surface area (Å²) in [7, 11) is 0. The summed E-state index contributed by atoms with van der Waals surface area (Å²) in [5.41, 5.74) is 10.3. The molecule has 6 rings (SSSR count). The molecule has 0 N–H and O–H groups in total. The number of hydrogen-bond acceptors (Lipinski definition) is 2. The van der Waals surface area contributed by atoms with Crippen molar-refractivity contribution in [1.29, 1.82) is 0 Å². The standard InChI is InChI=1S/C37H30N2/c1-37(2,35-25-31(27-15-7-3-8-16-27)23-33(38-35)29-19-11-5-12-20-29)36-26-32(28-17-9-4-10-18-28)24-34(39-36)30-21-13-6-14-22-30/h3-26H,1-2H3. The molecule has 0 spiro atoms. The predicted octanol–water partition coefficient (Wildman–Crippen LogP) is 9.47. The van der Waals surface area contributed by atoms with Gasteiger partial charge in [0.05, 0.1) is 22.8 Å². The van der Waals surface area contributed by atoms with Gasteiger partial charge in [-0.15, -0.1) is 0 Å². The van der Waals surface area contributed by atoms with E-state index in [0.29, 0.717) is 0 Å². The summed E-state index contributed by atoms with van der Waals surface area (Å²) < 4.78 is 0. The molecule has 0 amide bonds. The molecular weight excluding hydrogens is 472 g/mol. The summed E-state index contributed by atoms with van der Waals surface area (Å²) in [6, 6.07) is 50.7. The second-order valence-electron chi connectivity index (χ2n) is 10.3. The molecule has 0 saturated heterocycles. The maximum absolute atomic E-state index is 5.24. The van der Waals surface area contributed by atoms with Crippen LogP contribution in [0.15, 0.2) is 146 Å². The van der Waals surface area contributed by atoms with Crippen molar-refractivity contribution in [3.8, 4) is 44.8 Å². The van der Waals surface area contributed by atoms with Crippen LogP contribution in [0.2, 0.25) is 0 Å². The van der Waals surface area contributed by atoms with Crippen molar-refractivity contribution in [3.63, 3.8) is 0 Å². The molecule has 6 aromatic rings. The molecule has 0 aliphatic rings. The summed E-state index contributed by atoms with van der Waals surface area (Å²) in [6.45, 7) is 4.45. The number of hydrogen-bond donors (Lipinski definition) is 0. The first kappa shape index (κ1) is 24.5. The molecular formula is C37H30N2. The zero-order chi connectivity index (χ0) is 26.7. The maximum Gasteiger partial charge on any atom is 0.0711 e. The Bertz CT molecular complexity index is 1450. The molecule has 2 heterocycles. The van der Waals surface area contributed by atoms with Gasteiger partial charge in [-0.3, -0.25) is 9.97 Å². The summed E-state index contributed by atoms with van der Waals surface area (Å²) in [5.74, 6) is 0. The van der Waals surface area contributed by atoms with Crippen molar-refractivity contribution in [1.82, 2.24) is 9.97 Å². The van der Waals surface area contributed by atoms with Crippen LogP contribution in [-0.4, -0.2) is 9.97 Å². The van der Waals surface area contributed by atoms with Gasteiger partial charge in [-0.25, -0.2) is 0 Å². The summed E-state index contributed by atoms with van der Waals surface area (Å²) in [4.78, 5) is 10.5. The summed E-state index contributed by atoms with van der Waals surface area (Å²) in [6.07, 6.45) is 0. The number of nitrogens with zero attached hydrogens (tertiary/aromatic N) is 2. The van der Waals surface area contributed by atoms with E-state index in [2.05, 4.69) is 147 Å². The molecule has 39 heavy (non-hydrogen) atoms. The number of pyridine rings is 2. The molecule has 0 saturated carbocycles. The van der Waals surface area contributed by atoms with E-state index in [1.807, 2.05) is 12.1 Å². The predicted molar refractivity (Wildman–Crippen MR) is 162 cm³/mol. The van der Waals surface area contributed by atoms with Gasteiger partial charge in [0.2, 0.25) is 0 Å². The van der Waals surface area contributed by atoms with Crippen LogP contribution in [0.4, 0.5) is 0 Å². The van der Waals surface area contributed by atoms with Gasteiger partial charge in [-0.05, 0) is 60.4 Å². The molecule has 2 nitrogen and oxygen atoms in total. The Morgan fingerprint density at radius 2 is 0.667 bits per heavy atom. The molecule has 0 bridgehead atoms. The highest BCUT2D eigenvalue weighted by molar-refractivity contribution is 5.73. The lowest BCUT2D eigenvalue weighted by atomic mass is 9.82. The first-order valence-corrected chi connectivity index (χ1v) is 13.3. The van der Waals surface area contributed by atoms with Crippen LogP contribution in [-0.2, 0) is 5.41 Å². The van der Waals surface area contributed by atoms with Crippen LogP contribution in [0.1, 0.15) is 25.2 Å². The quantitative estimate of drug-likeness (QED) is 0.227. The van der Waals surface area contributed by atoms with E-state index in [4.69, 9.17) is 9.97 Å². The highest BCUT2D eigenvalue weighted by atomic mass is 14.8. The molecule has 0 radical (unpaired) electrons. The van der Waals surface area contributed by atoms with Gasteiger partial charge in [0.25, 0.3) is 0 Å².